The van der Waals surface area contributed by atoms with E-state index < -0.39 is 0 Å². The summed E-state index contributed by atoms with van der Waals surface area (Å²) < 4.78 is 5.67. The maximum Gasteiger partial charge on any atom is 0.0716 e. The van der Waals surface area contributed by atoms with Crippen molar-refractivity contribution in [1.82, 2.24) is 0 Å². The highest BCUT2D eigenvalue weighted by molar-refractivity contribution is 9.09. The minimum atomic E-state index is 0.757. The van der Waals surface area contributed by atoms with E-state index in [4.69, 9.17) is 4.74 Å². The number of unbranched alkanes of at least 4 members (excludes halogenated alkanes) is 7. The molecule has 1 aromatic carbocycles. The van der Waals surface area contributed by atoms with E-state index in [2.05, 4.69) is 40.2 Å². The van der Waals surface area contributed by atoms with Crippen LogP contribution in [0.15, 0.2) is 30.3 Å². The molecular weight excluding hydrogens is 300 g/mol. The molecular formula is C17H27BrO. The van der Waals surface area contributed by atoms with E-state index in [0.717, 1.165) is 18.5 Å². The van der Waals surface area contributed by atoms with Crippen molar-refractivity contribution in [2.75, 3.05) is 11.9 Å². The van der Waals surface area contributed by atoms with Crippen LogP contribution >= 0.6 is 15.9 Å². The van der Waals surface area contributed by atoms with Crippen LogP contribution in [0.3, 0.4) is 0 Å². The Bertz CT molecular complexity index is 287. The molecule has 0 atom stereocenters. The van der Waals surface area contributed by atoms with Crippen LogP contribution in [0.5, 0.6) is 0 Å². The normalized spacial score (nSPS) is 10.8. The highest BCUT2D eigenvalue weighted by Gasteiger charge is 1.94. The molecule has 0 aliphatic rings. The Labute approximate surface area is 126 Å². The molecule has 0 saturated carbocycles. The number of benzene rings is 1. The number of alkyl halides is 1. The van der Waals surface area contributed by atoms with Crippen molar-refractivity contribution in [3.05, 3.63) is 35.9 Å². The molecule has 0 bridgehead atoms. The summed E-state index contributed by atoms with van der Waals surface area (Å²) in [7, 11) is 0. The first-order chi connectivity index (χ1) is 9.43. The Hall–Kier alpha value is -0.340. The summed E-state index contributed by atoms with van der Waals surface area (Å²) in [6, 6.07) is 10.4. The standard InChI is InChI=1S/C17H27BrO/c18-14-10-5-3-1-2-4-6-11-15-19-16-17-12-8-7-9-13-17/h7-9,12-13H,1-6,10-11,14-16H2. The molecule has 108 valence electrons. The maximum absolute atomic E-state index is 5.67. The van der Waals surface area contributed by atoms with Crippen molar-refractivity contribution in [3.8, 4) is 0 Å². The summed E-state index contributed by atoms with van der Waals surface area (Å²) in [6.07, 6.45) is 10.8. The van der Waals surface area contributed by atoms with Gasteiger partial charge in [0.15, 0.2) is 0 Å². The summed E-state index contributed by atoms with van der Waals surface area (Å²) in [4.78, 5) is 0. The van der Waals surface area contributed by atoms with E-state index in [1.54, 1.807) is 0 Å². The topological polar surface area (TPSA) is 9.23 Å². The second kappa shape index (κ2) is 12.7. The van der Waals surface area contributed by atoms with Crippen LogP contribution in [-0.2, 0) is 11.3 Å². The molecule has 0 radical (unpaired) electrons. The summed E-state index contributed by atoms with van der Waals surface area (Å²) in [5.74, 6) is 0. The molecule has 0 saturated heterocycles. The van der Waals surface area contributed by atoms with Gasteiger partial charge in [-0.2, -0.15) is 0 Å². The Morgan fingerprint density at radius 2 is 1.32 bits per heavy atom. The number of hydrogen-bond donors (Lipinski definition) is 0. The predicted octanol–water partition coefficient (Wildman–Crippen LogP) is 5.72. The highest BCUT2D eigenvalue weighted by atomic mass is 79.9. The van der Waals surface area contributed by atoms with Crippen LogP contribution in [0.4, 0.5) is 0 Å². The minimum absolute atomic E-state index is 0.757. The predicted molar refractivity (Wildman–Crippen MR) is 86.8 cm³/mol. The fourth-order valence-corrected chi connectivity index (χ4v) is 2.52. The van der Waals surface area contributed by atoms with Crippen LogP contribution < -0.4 is 0 Å². The van der Waals surface area contributed by atoms with Crippen molar-refractivity contribution in [2.24, 2.45) is 0 Å². The van der Waals surface area contributed by atoms with Gasteiger partial charge in [0, 0.05) is 11.9 Å². The first-order valence-corrected chi connectivity index (χ1v) is 8.73. The number of ether oxygens (including phenoxy) is 1. The van der Waals surface area contributed by atoms with Crippen molar-refractivity contribution in [2.45, 2.75) is 58.0 Å². The van der Waals surface area contributed by atoms with Gasteiger partial charge in [0.2, 0.25) is 0 Å². The monoisotopic (exact) mass is 326 g/mol. The lowest BCUT2D eigenvalue weighted by molar-refractivity contribution is 0.116. The zero-order valence-electron chi connectivity index (χ0n) is 12.0. The summed E-state index contributed by atoms with van der Waals surface area (Å²) in [5.41, 5.74) is 1.27. The molecule has 0 spiro atoms. The summed E-state index contributed by atoms with van der Waals surface area (Å²) >= 11 is 3.47. The zero-order chi connectivity index (χ0) is 13.6. The number of halogens is 1. The first-order valence-electron chi connectivity index (χ1n) is 7.61. The molecule has 0 unspecified atom stereocenters. The molecule has 19 heavy (non-hydrogen) atoms. The van der Waals surface area contributed by atoms with E-state index in [1.165, 1.54) is 56.9 Å². The second-order valence-electron chi connectivity index (χ2n) is 5.06. The van der Waals surface area contributed by atoms with E-state index in [1.807, 2.05) is 6.07 Å². The smallest absolute Gasteiger partial charge is 0.0716 e. The van der Waals surface area contributed by atoms with Crippen LogP contribution in [0.1, 0.15) is 56.9 Å². The molecule has 0 fully saturated rings. The molecule has 0 heterocycles. The molecule has 0 amide bonds. The van der Waals surface area contributed by atoms with Crippen molar-refractivity contribution < 1.29 is 4.74 Å². The summed E-state index contributed by atoms with van der Waals surface area (Å²) in [5, 5.41) is 1.16. The van der Waals surface area contributed by atoms with Crippen molar-refractivity contribution >= 4 is 15.9 Å². The summed E-state index contributed by atoms with van der Waals surface area (Å²) in [6.45, 7) is 1.66. The molecule has 2 heteroatoms. The van der Waals surface area contributed by atoms with Gasteiger partial charge < -0.3 is 4.74 Å². The Morgan fingerprint density at radius 1 is 0.737 bits per heavy atom. The quantitative estimate of drug-likeness (QED) is 0.352. The van der Waals surface area contributed by atoms with Gasteiger partial charge in [0.1, 0.15) is 0 Å². The Morgan fingerprint density at radius 3 is 1.95 bits per heavy atom. The lowest BCUT2D eigenvalue weighted by atomic mass is 10.1. The number of rotatable bonds is 12. The van der Waals surface area contributed by atoms with Crippen LogP contribution in [0.2, 0.25) is 0 Å². The third kappa shape index (κ3) is 10.1. The highest BCUT2D eigenvalue weighted by Crippen LogP contribution is 2.09. The van der Waals surface area contributed by atoms with E-state index in [-0.39, 0.29) is 0 Å². The molecule has 0 aliphatic carbocycles. The van der Waals surface area contributed by atoms with Gasteiger partial charge in [-0.1, -0.05) is 84.8 Å². The SMILES string of the molecule is BrCCCCCCCCCCOCc1ccccc1. The van der Waals surface area contributed by atoms with Crippen LogP contribution in [0.25, 0.3) is 0 Å². The van der Waals surface area contributed by atoms with Gasteiger partial charge in [-0.3, -0.25) is 0 Å². The number of hydrogen-bond acceptors (Lipinski definition) is 1. The third-order valence-electron chi connectivity index (χ3n) is 3.28. The van der Waals surface area contributed by atoms with Crippen LogP contribution in [0, 0.1) is 0 Å². The lowest BCUT2D eigenvalue weighted by Gasteiger charge is -2.04. The van der Waals surface area contributed by atoms with Crippen molar-refractivity contribution in [1.29, 1.82) is 0 Å². The minimum Gasteiger partial charge on any atom is -0.377 e. The second-order valence-corrected chi connectivity index (χ2v) is 5.85. The van der Waals surface area contributed by atoms with Gasteiger partial charge in [-0.15, -0.1) is 0 Å². The Kier molecular flexibility index (Phi) is 11.2. The molecule has 1 aromatic rings. The molecule has 1 nitrogen and oxygen atoms in total. The average Bonchev–Trinajstić information content (AvgIpc) is 2.46. The largest absolute Gasteiger partial charge is 0.377 e. The van der Waals surface area contributed by atoms with Gasteiger partial charge in [0.25, 0.3) is 0 Å². The van der Waals surface area contributed by atoms with Gasteiger partial charge in [-0.25, -0.2) is 0 Å². The van der Waals surface area contributed by atoms with E-state index in [9.17, 15) is 0 Å². The fourth-order valence-electron chi connectivity index (χ4n) is 2.12. The van der Waals surface area contributed by atoms with Gasteiger partial charge in [0.05, 0.1) is 6.61 Å². The molecule has 0 aliphatic heterocycles. The molecule has 0 aromatic heterocycles. The lowest BCUT2D eigenvalue weighted by Crippen LogP contribution is -1.95. The first kappa shape index (κ1) is 16.7. The molecule has 1 rings (SSSR count). The fraction of sp³-hybridized carbons (Fsp3) is 0.647. The van der Waals surface area contributed by atoms with Crippen LogP contribution in [-0.4, -0.2) is 11.9 Å². The van der Waals surface area contributed by atoms with E-state index >= 15 is 0 Å². The van der Waals surface area contributed by atoms with Gasteiger partial charge >= 0.3 is 0 Å². The maximum atomic E-state index is 5.67. The average molecular weight is 327 g/mol. The molecule has 0 N–H and O–H groups in total. The Balaban J connectivity index is 1.79. The van der Waals surface area contributed by atoms with Gasteiger partial charge in [-0.05, 0) is 18.4 Å². The third-order valence-corrected chi connectivity index (χ3v) is 3.84. The van der Waals surface area contributed by atoms with E-state index in [0.29, 0.717) is 0 Å². The zero-order valence-corrected chi connectivity index (χ0v) is 13.5. The van der Waals surface area contributed by atoms with Crippen molar-refractivity contribution in [3.63, 3.8) is 0 Å².